The van der Waals surface area contributed by atoms with Crippen LogP contribution in [0.3, 0.4) is 0 Å². The van der Waals surface area contributed by atoms with E-state index in [2.05, 4.69) is 15.3 Å². The Labute approximate surface area is 187 Å². The summed E-state index contributed by atoms with van der Waals surface area (Å²) in [5.41, 5.74) is 9.69. The Kier molecular flexibility index (Phi) is 5.14. The Balaban J connectivity index is 1.43. The van der Waals surface area contributed by atoms with Crippen LogP contribution in [0.5, 0.6) is 5.75 Å². The van der Waals surface area contributed by atoms with E-state index in [-0.39, 0.29) is 23.5 Å². The first-order valence-corrected chi connectivity index (χ1v) is 10.1. The van der Waals surface area contributed by atoms with E-state index in [0.717, 1.165) is 11.3 Å². The molecule has 3 N–H and O–H groups in total. The molecule has 0 radical (unpaired) electrons. The minimum absolute atomic E-state index is 0.0220. The summed E-state index contributed by atoms with van der Waals surface area (Å²) in [6.07, 6.45) is 1.13. The summed E-state index contributed by atoms with van der Waals surface area (Å²) >= 11 is 0. The number of methoxy groups -OCH3 is 1. The molecule has 0 spiro atoms. The van der Waals surface area contributed by atoms with Gasteiger partial charge in [-0.2, -0.15) is 0 Å². The number of hydrogen-bond donors (Lipinski definition) is 2. The largest absolute Gasteiger partial charge is 0.497 e. The minimum Gasteiger partial charge on any atom is -0.497 e. The van der Waals surface area contributed by atoms with Crippen molar-refractivity contribution in [1.29, 1.82) is 0 Å². The molecule has 1 amide bonds. The predicted molar refractivity (Wildman–Crippen MR) is 117 cm³/mol. The van der Waals surface area contributed by atoms with Gasteiger partial charge in [-0.25, -0.2) is 18.7 Å². The number of benzene rings is 2. The molecule has 0 unspecified atom stereocenters. The van der Waals surface area contributed by atoms with E-state index in [1.165, 1.54) is 37.7 Å². The minimum atomic E-state index is -0.652. The zero-order chi connectivity index (χ0) is 23.1. The lowest BCUT2D eigenvalue weighted by Crippen LogP contribution is -2.16. The van der Waals surface area contributed by atoms with Gasteiger partial charge in [0.2, 0.25) is 5.91 Å². The summed E-state index contributed by atoms with van der Waals surface area (Å²) in [6.45, 7) is 0.715. The van der Waals surface area contributed by atoms with Crippen LogP contribution in [0.4, 0.5) is 20.3 Å². The average Bonchev–Trinajstić information content (AvgIpc) is 3.38. The molecule has 3 heterocycles. The molecule has 0 atom stereocenters. The summed E-state index contributed by atoms with van der Waals surface area (Å²) in [5, 5.41) is 2.49. The number of nitrogens with zero attached hydrogens (tertiary/aromatic N) is 3. The van der Waals surface area contributed by atoms with Gasteiger partial charge in [-0.15, -0.1) is 0 Å². The van der Waals surface area contributed by atoms with Gasteiger partial charge in [-0.05, 0) is 23.8 Å². The third-order valence-corrected chi connectivity index (χ3v) is 5.56. The smallest absolute Gasteiger partial charge is 0.228 e. The number of aromatic nitrogens is 3. The number of carbonyl (C=O) groups excluding carboxylic acids is 1. The van der Waals surface area contributed by atoms with E-state index >= 15 is 0 Å². The fraction of sp³-hybridized carbons (Fsp3) is 0.174. The van der Waals surface area contributed by atoms with Crippen LogP contribution in [0, 0.1) is 11.6 Å². The first-order chi connectivity index (χ1) is 16.0. The summed E-state index contributed by atoms with van der Waals surface area (Å²) < 4.78 is 41.4. The number of nitrogens with one attached hydrogen (secondary N) is 1. The second-order valence-corrected chi connectivity index (χ2v) is 7.56. The van der Waals surface area contributed by atoms with Crippen molar-refractivity contribution >= 4 is 28.4 Å². The van der Waals surface area contributed by atoms with Gasteiger partial charge in [0.15, 0.2) is 5.82 Å². The molecule has 8 nitrogen and oxygen atoms in total. The number of nitrogen functional groups attached to an aromatic ring is 1. The highest BCUT2D eigenvalue weighted by atomic mass is 19.1. The third-order valence-electron chi connectivity index (χ3n) is 5.56. The van der Waals surface area contributed by atoms with Crippen molar-refractivity contribution in [2.75, 3.05) is 18.2 Å². The molecule has 1 aliphatic rings. The number of carbonyl (C=O) groups is 1. The summed E-state index contributed by atoms with van der Waals surface area (Å²) in [4.78, 5) is 20.8. The zero-order valence-corrected chi connectivity index (χ0v) is 17.6. The van der Waals surface area contributed by atoms with Gasteiger partial charge in [0.1, 0.15) is 34.7 Å². The maximum absolute atomic E-state index is 15.0. The Hall–Kier alpha value is -4.05. The highest BCUT2D eigenvalue weighted by molar-refractivity contribution is 5.93. The number of ether oxygens (including phenoxy) is 2. The van der Waals surface area contributed by atoms with Crippen molar-refractivity contribution in [2.45, 2.75) is 19.6 Å². The monoisotopic (exact) mass is 451 g/mol. The molecule has 168 valence electrons. The number of fused-ring (bicyclic) bond motifs is 3. The molecular formula is C23H19F2N5O3. The van der Waals surface area contributed by atoms with Crippen LogP contribution in [0.15, 0.2) is 42.7 Å². The quantitative estimate of drug-likeness (QED) is 0.481. The fourth-order valence-electron chi connectivity index (χ4n) is 3.99. The van der Waals surface area contributed by atoms with Crippen molar-refractivity contribution in [1.82, 2.24) is 14.5 Å². The normalized spacial score (nSPS) is 12.7. The molecule has 0 bridgehead atoms. The molecule has 0 saturated carbocycles. The van der Waals surface area contributed by atoms with Gasteiger partial charge in [-0.3, -0.25) is 4.79 Å². The Morgan fingerprint density at radius 2 is 2.03 bits per heavy atom. The lowest BCUT2D eigenvalue weighted by atomic mass is 10.1. The topological polar surface area (TPSA) is 104 Å². The molecule has 2 aromatic heterocycles. The van der Waals surface area contributed by atoms with E-state index in [1.807, 2.05) is 0 Å². The molecule has 0 fully saturated rings. The van der Waals surface area contributed by atoms with Crippen LogP contribution >= 0.6 is 0 Å². The van der Waals surface area contributed by atoms with Crippen molar-refractivity contribution < 1.29 is 23.0 Å². The summed E-state index contributed by atoms with van der Waals surface area (Å²) in [5.74, 6) is -1.16. The number of hydrogen-bond acceptors (Lipinski definition) is 6. The molecule has 1 aliphatic heterocycles. The number of halogens is 2. The van der Waals surface area contributed by atoms with Crippen LogP contribution in [0.1, 0.15) is 16.8 Å². The van der Waals surface area contributed by atoms with Crippen molar-refractivity contribution in [3.05, 3.63) is 71.2 Å². The highest BCUT2D eigenvalue weighted by Gasteiger charge is 2.26. The lowest BCUT2D eigenvalue weighted by molar-refractivity contribution is -0.115. The Morgan fingerprint density at radius 3 is 2.79 bits per heavy atom. The van der Waals surface area contributed by atoms with Crippen molar-refractivity contribution in [3.8, 4) is 11.4 Å². The van der Waals surface area contributed by atoms with Gasteiger partial charge in [0.25, 0.3) is 0 Å². The first-order valence-electron chi connectivity index (χ1n) is 10.1. The summed E-state index contributed by atoms with van der Waals surface area (Å²) in [7, 11) is 1.42. The number of anilines is 2. The van der Waals surface area contributed by atoms with E-state index in [0.29, 0.717) is 35.7 Å². The molecule has 0 saturated heterocycles. The molecule has 5 rings (SSSR count). The highest BCUT2D eigenvalue weighted by Crippen LogP contribution is 2.35. The second kappa shape index (κ2) is 8.14. The van der Waals surface area contributed by atoms with Crippen LogP contribution in [0.2, 0.25) is 0 Å². The summed E-state index contributed by atoms with van der Waals surface area (Å²) in [6, 6.07) is 8.59. The van der Waals surface area contributed by atoms with Gasteiger partial charge in [-0.1, -0.05) is 6.07 Å². The van der Waals surface area contributed by atoms with Gasteiger partial charge in [0.05, 0.1) is 38.1 Å². The van der Waals surface area contributed by atoms with E-state index in [4.69, 9.17) is 15.2 Å². The predicted octanol–water partition coefficient (Wildman–Crippen LogP) is 3.50. The second-order valence-electron chi connectivity index (χ2n) is 7.56. The average molecular weight is 451 g/mol. The van der Waals surface area contributed by atoms with E-state index < -0.39 is 17.5 Å². The molecule has 4 aromatic rings. The van der Waals surface area contributed by atoms with Gasteiger partial charge in [0, 0.05) is 23.4 Å². The van der Waals surface area contributed by atoms with Gasteiger partial charge >= 0.3 is 0 Å². The van der Waals surface area contributed by atoms with Crippen LogP contribution in [0.25, 0.3) is 16.7 Å². The molecule has 10 heteroatoms. The fourth-order valence-corrected chi connectivity index (χ4v) is 3.99. The molecule has 2 aromatic carbocycles. The lowest BCUT2D eigenvalue weighted by Gasteiger charge is -2.13. The maximum atomic E-state index is 15.0. The maximum Gasteiger partial charge on any atom is 0.228 e. The van der Waals surface area contributed by atoms with Crippen LogP contribution in [-0.4, -0.2) is 27.6 Å². The molecule has 0 aliphatic carbocycles. The SMILES string of the molecule is COc1ccc(CC(=O)Nc2ccc(-n3c4c(c5ncnc(N)c53)COC4)cc2F)c(F)c1. The third kappa shape index (κ3) is 3.64. The van der Waals surface area contributed by atoms with Gasteiger partial charge < -0.3 is 25.1 Å². The van der Waals surface area contributed by atoms with Crippen molar-refractivity contribution in [3.63, 3.8) is 0 Å². The zero-order valence-electron chi connectivity index (χ0n) is 17.6. The van der Waals surface area contributed by atoms with E-state index in [9.17, 15) is 13.6 Å². The first kappa shape index (κ1) is 20.8. The van der Waals surface area contributed by atoms with Crippen LogP contribution < -0.4 is 15.8 Å². The van der Waals surface area contributed by atoms with Crippen LogP contribution in [-0.2, 0) is 29.2 Å². The molecular weight excluding hydrogens is 432 g/mol. The number of nitrogens with two attached hydrogens (primary N) is 1. The van der Waals surface area contributed by atoms with Crippen molar-refractivity contribution in [2.24, 2.45) is 0 Å². The number of amides is 1. The number of rotatable bonds is 5. The standard InChI is InChI=1S/C23H19F2N5O3/c1-32-14-4-2-12(16(24)8-14)6-20(31)29-18-5-3-13(7-17(18)25)30-19-10-33-9-15(19)21-22(30)23(26)28-11-27-21/h2-5,7-8,11H,6,9-10H2,1H3,(H,29,31)(H2,26,27,28). The van der Waals surface area contributed by atoms with E-state index in [1.54, 1.807) is 16.7 Å². The Bertz CT molecular complexity index is 1400. The molecule has 33 heavy (non-hydrogen) atoms. The Morgan fingerprint density at radius 1 is 1.18 bits per heavy atom.